The van der Waals surface area contributed by atoms with E-state index >= 15 is 0 Å². The molecule has 1 aliphatic heterocycles. The van der Waals surface area contributed by atoms with Crippen LogP contribution in [0.3, 0.4) is 0 Å². The number of rotatable bonds is 6. The van der Waals surface area contributed by atoms with Crippen LogP contribution in [-0.4, -0.2) is 25.3 Å². The van der Waals surface area contributed by atoms with E-state index in [9.17, 15) is 4.79 Å². The van der Waals surface area contributed by atoms with E-state index in [1.165, 1.54) is 19.3 Å². The number of hydrogen-bond acceptors (Lipinski definition) is 3. The van der Waals surface area contributed by atoms with E-state index in [4.69, 9.17) is 9.47 Å². The third kappa shape index (κ3) is 6.81. The lowest BCUT2D eigenvalue weighted by molar-refractivity contribution is 0.0297. The quantitative estimate of drug-likeness (QED) is 0.623. The number of hydrogen-bond donors (Lipinski definition) is 0. The largest absolute Gasteiger partial charge is 0.462 e. The van der Waals surface area contributed by atoms with Crippen molar-refractivity contribution in [3.8, 4) is 0 Å². The first-order valence-corrected chi connectivity index (χ1v) is 9.76. The molecule has 0 radical (unpaired) electrons. The third-order valence-corrected chi connectivity index (χ3v) is 5.24. The lowest BCUT2D eigenvalue weighted by atomic mass is 9.83. The zero-order valence-electron chi connectivity index (χ0n) is 16.9. The second-order valence-electron chi connectivity index (χ2n) is 7.26. The van der Waals surface area contributed by atoms with E-state index in [2.05, 4.69) is 27.7 Å². The number of aryl methyl sites for hydroxylation is 1. The van der Waals surface area contributed by atoms with Crippen LogP contribution in [-0.2, 0) is 9.47 Å². The normalized spacial score (nSPS) is 21.8. The standard InChI is InChI=1S/C12H24O.C10H12O2/c1-5-6-9(2)11(4)12-10(3)7-8-13-12;1-3-12-10(11)9-7-5-4-6-8(9)2/h9-12H,5-8H2,1-4H3;4-7H,3H2,1-2H3. The second-order valence-corrected chi connectivity index (χ2v) is 7.26. The van der Waals surface area contributed by atoms with E-state index < -0.39 is 0 Å². The lowest BCUT2D eigenvalue weighted by Crippen LogP contribution is -2.27. The Kier molecular flexibility index (Phi) is 9.81. The first-order valence-electron chi connectivity index (χ1n) is 9.76. The zero-order valence-corrected chi connectivity index (χ0v) is 16.9. The van der Waals surface area contributed by atoms with Gasteiger partial charge in [-0.25, -0.2) is 4.79 Å². The molecule has 0 spiro atoms. The zero-order chi connectivity index (χ0) is 18.8. The molecule has 2 rings (SSSR count). The van der Waals surface area contributed by atoms with Crippen molar-refractivity contribution in [2.45, 2.75) is 66.9 Å². The van der Waals surface area contributed by atoms with Crippen LogP contribution in [0.2, 0.25) is 0 Å². The summed E-state index contributed by atoms with van der Waals surface area (Å²) in [6.07, 6.45) is 4.43. The van der Waals surface area contributed by atoms with Crippen LogP contribution in [0.5, 0.6) is 0 Å². The van der Waals surface area contributed by atoms with E-state index in [1.807, 2.05) is 25.1 Å². The van der Waals surface area contributed by atoms with E-state index in [-0.39, 0.29) is 5.97 Å². The summed E-state index contributed by atoms with van der Waals surface area (Å²) in [6.45, 7) is 14.4. The van der Waals surface area contributed by atoms with Gasteiger partial charge in [0.1, 0.15) is 0 Å². The summed E-state index contributed by atoms with van der Waals surface area (Å²) in [5.74, 6) is 2.08. The lowest BCUT2D eigenvalue weighted by Gasteiger charge is -2.27. The molecule has 0 bridgehead atoms. The highest BCUT2D eigenvalue weighted by atomic mass is 16.5. The van der Waals surface area contributed by atoms with Crippen LogP contribution in [0.4, 0.5) is 0 Å². The number of esters is 1. The molecule has 1 aromatic rings. The fraction of sp³-hybridized carbons (Fsp3) is 0.682. The van der Waals surface area contributed by atoms with Gasteiger partial charge in [0.15, 0.2) is 0 Å². The SMILES string of the molecule is CCCC(C)C(C)C1OCCC1C.CCOC(=O)c1ccccc1C. The molecule has 4 atom stereocenters. The minimum Gasteiger partial charge on any atom is -0.462 e. The van der Waals surface area contributed by atoms with Crippen LogP contribution in [0, 0.1) is 24.7 Å². The van der Waals surface area contributed by atoms with Crippen molar-refractivity contribution < 1.29 is 14.3 Å². The maximum absolute atomic E-state index is 11.2. The summed E-state index contributed by atoms with van der Waals surface area (Å²) in [5, 5.41) is 0. The monoisotopic (exact) mass is 348 g/mol. The Balaban J connectivity index is 0.000000251. The van der Waals surface area contributed by atoms with Gasteiger partial charge in [-0.15, -0.1) is 0 Å². The van der Waals surface area contributed by atoms with Crippen molar-refractivity contribution in [3.05, 3.63) is 35.4 Å². The third-order valence-electron chi connectivity index (χ3n) is 5.24. The highest BCUT2D eigenvalue weighted by Gasteiger charge is 2.31. The molecule has 0 N–H and O–H groups in total. The predicted octanol–water partition coefficient (Wildman–Crippen LogP) is 5.66. The fourth-order valence-corrected chi connectivity index (χ4v) is 3.44. The minimum atomic E-state index is -0.240. The van der Waals surface area contributed by atoms with Gasteiger partial charge < -0.3 is 9.47 Å². The second kappa shape index (κ2) is 11.3. The first-order chi connectivity index (χ1) is 11.9. The summed E-state index contributed by atoms with van der Waals surface area (Å²) in [4.78, 5) is 11.2. The smallest absolute Gasteiger partial charge is 0.338 e. The molecule has 1 fully saturated rings. The van der Waals surface area contributed by atoms with Gasteiger partial charge in [0.25, 0.3) is 0 Å². The molecule has 1 aliphatic rings. The Labute approximate surface area is 154 Å². The first kappa shape index (κ1) is 21.7. The summed E-state index contributed by atoms with van der Waals surface area (Å²) in [5.41, 5.74) is 1.61. The molecule has 3 heteroatoms. The molecule has 3 nitrogen and oxygen atoms in total. The Morgan fingerprint density at radius 2 is 1.96 bits per heavy atom. The molecular weight excluding hydrogens is 312 g/mol. The summed E-state index contributed by atoms with van der Waals surface area (Å²) in [7, 11) is 0. The van der Waals surface area contributed by atoms with Crippen molar-refractivity contribution in [1.82, 2.24) is 0 Å². The molecule has 25 heavy (non-hydrogen) atoms. The Hall–Kier alpha value is -1.35. The molecule has 4 unspecified atom stereocenters. The van der Waals surface area contributed by atoms with Gasteiger partial charge in [0, 0.05) is 6.61 Å². The van der Waals surface area contributed by atoms with Crippen LogP contribution < -0.4 is 0 Å². The highest BCUT2D eigenvalue weighted by Crippen LogP contribution is 2.32. The van der Waals surface area contributed by atoms with Gasteiger partial charge in [0.05, 0.1) is 18.3 Å². The van der Waals surface area contributed by atoms with Gasteiger partial charge >= 0.3 is 5.97 Å². The number of carbonyl (C=O) groups is 1. The van der Waals surface area contributed by atoms with Crippen LogP contribution in [0.15, 0.2) is 24.3 Å². The number of carbonyl (C=O) groups excluding carboxylic acids is 1. The molecule has 142 valence electrons. The fourth-order valence-electron chi connectivity index (χ4n) is 3.44. The molecular formula is C22H36O3. The topological polar surface area (TPSA) is 35.5 Å². The molecule has 1 aromatic carbocycles. The van der Waals surface area contributed by atoms with Gasteiger partial charge in [-0.05, 0) is 49.7 Å². The molecule has 0 aliphatic carbocycles. The average molecular weight is 349 g/mol. The molecule has 0 saturated carbocycles. The number of ether oxygens (including phenoxy) is 2. The maximum Gasteiger partial charge on any atom is 0.338 e. The molecule has 1 saturated heterocycles. The van der Waals surface area contributed by atoms with Crippen LogP contribution in [0.1, 0.15) is 69.8 Å². The van der Waals surface area contributed by atoms with Gasteiger partial charge in [0.2, 0.25) is 0 Å². The van der Waals surface area contributed by atoms with Crippen molar-refractivity contribution in [1.29, 1.82) is 0 Å². The van der Waals surface area contributed by atoms with E-state index in [0.717, 1.165) is 29.9 Å². The van der Waals surface area contributed by atoms with E-state index in [0.29, 0.717) is 18.3 Å². The molecule has 0 amide bonds. The molecule has 1 heterocycles. The van der Waals surface area contributed by atoms with Crippen molar-refractivity contribution >= 4 is 5.97 Å². The van der Waals surface area contributed by atoms with Crippen LogP contribution >= 0.6 is 0 Å². The minimum absolute atomic E-state index is 0.240. The average Bonchev–Trinajstić information content (AvgIpc) is 3.01. The van der Waals surface area contributed by atoms with Crippen molar-refractivity contribution in [3.63, 3.8) is 0 Å². The van der Waals surface area contributed by atoms with Crippen molar-refractivity contribution in [2.24, 2.45) is 17.8 Å². The predicted molar refractivity (Wildman–Crippen MR) is 104 cm³/mol. The molecule has 0 aromatic heterocycles. The van der Waals surface area contributed by atoms with Gasteiger partial charge in [-0.1, -0.05) is 58.7 Å². The Bertz CT molecular complexity index is 512. The van der Waals surface area contributed by atoms with Gasteiger partial charge in [-0.2, -0.15) is 0 Å². The highest BCUT2D eigenvalue weighted by molar-refractivity contribution is 5.90. The summed E-state index contributed by atoms with van der Waals surface area (Å²) in [6, 6.07) is 7.40. The van der Waals surface area contributed by atoms with Crippen LogP contribution in [0.25, 0.3) is 0 Å². The Morgan fingerprint density at radius 1 is 1.28 bits per heavy atom. The van der Waals surface area contributed by atoms with Gasteiger partial charge in [-0.3, -0.25) is 0 Å². The summed E-state index contributed by atoms with van der Waals surface area (Å²) < 4.78 is 10.7. The number of benzene rings is 1. The van der Waals surface area contributed by atoms with Crippen molar-refractivity contribution in [2.75, 3.05) is 13.2 Å². The summed E-state index contributed by atoms with van der Waals surface area (Å²) >= 11 is 0. The maximum atomic E-state index is 11.2. The Morgan fingerprint density at radius 3 is 2.48 bits per heavy atom. The van der Waals surface area contributed by atoms with E-state index in [1.54, 1.807) is 13.0 Å².